The predicted molar refractivity (Wildman–Crippen MR) is 242 cm³/mol. The predicted octanol–water partition coefficient (Wildman–Crippen LogP) is 13.0. The smallest absolute Gasteiger partial charge is 0.434 e. The lowest BCUT2D eigenvalue weighted by molar-refractivity contribution is 0.479. The van der Waals surface area contributed by atoms with Crippen molar-refractivity contribution in [3.8, 4) is 67.4 Å². The van der Waals surface area contributed by atoms with Gasteiger partial charge in [0, 0.05) is 49.3 Å². The Hall–Kier alpha value is -7.76. The summed E-state index contributed by atoms with van der Waals surface area (Å²) in [5.41, 5.74) is 16.1. The Balaban J connectivity index is 0.918. The van der Waals surface area contributed by atoms with Crippen molar-refractivity contribution in [3.63, 3.8) is 0 Å². The van der Waals surface area contributed by atoms with E-state index in [2.05, 4.69) is 180 Å². The standard InChI is InChI=1S/C54H32BNO3/c1-5-22-47-40(16-1)41-17-2-6-23-48(41)56(47)38-15-10-13-34(29-38)35-26-27-51-46(31-35)55-53-45(43-19-4-8-25-50(43)59-55)30-37(32-52(53)57-51)33-12-9-14-36(28-33)39-20-11-21-44-42-18-3-7-24-49(42)58-54(39)44/h1-32H. The van der Waals surface area contributed by atoms with Gasteiger partial charge in [-0.1, -0.05) is 133 Å². The van der Waals surface area contributed by atoms with Crippen LogP contribution in [0.2, 0.25) is 0 Å². The highest BCUT2D eigenvalue weighted by atomic mass is 16.5. The molecule has 0 saturated carbocycles. The van der Waals surface area contributed by atoms with E-state index in [9.17, 15) is 0 Å². The molecule has 5 heteroatoms. The van der Waals surface area contributed by atoms with Gasteiger partial charge in [0.1, 0.15) is 28.4 Å². The topological polar surface area (TPSA) is 36.5 Å². The van der Waals surface area contributed by atoms with E-state index in [-0.39, 0.29) is 6.92 Å². The van der Waals surface area contributed by atoms with Crippen LogP contribution in [0.25, 0.3) is 93.9 Å². The quantitative estimate of drug-likeness (QED) is 0.168. The fraction of sp³-hybridized carbons (Fsp3) is 0. The van der Waals surface area contributed by atoms with Crippen molar-refractivity contribution in [2.45, 2.75) is 0 Å². The second kappa shape index (κ2) is 12.4. The summed E-state index contributed by atoms with van der Waals surface area (Å²) >= 11 is 0. The molecule has 2 aromatic heterocycles. The molecular weight excluding hydrogens is 721 g/mol. The van der Waals surface area contributed by atoms with Crippen LogP contribution in [0.4, 0.5) is 0 Å². The first kappa shape index (κ1) is 32.3. The third kappa shape index (κ3) is 4.85. The van der Waals surface area contributed by atoms with Crippen molar-refractivity contribution in [2.24, 2.45) is 0 Å². The maximum Gasteiger partial charge on any atom is 0.434 e. The van der Waals surface area contributed by atoms with E-state index < -0.39 is 0 Å². The van der Waals surface area contributed by atoms with Gasteiger partial charge < -0.3 is 18.4 Å². The maximum atomic E-state index is 6.93. The molecule has 0 fully saturated rings. The lowest BCUT2D eigenvalue weighted by Crippen LogP contribution is -2.53. The third-order valence-electron chi connectivity index (χ3n) is 12.3. The molecule has 0 radical (unpaired) electrons. The van der Waals surface area contributed by atoms with Crippen LogP contribution in [0, 0.1) is 0 Å². The second-order valence-corrected chi connectivity index (χ2v) is 15.6. The van der Waals surface area contributed by atoms with Crippen LogP contribution in [-0.2, 0) is 0 Å². The minimum atomic E-state index is -0.329. The Kier molecular flexibility index (Phi) is 6.78. The number of furan rings is 1. The SMILES string of the molecule is c1cc(-c2cc3c4c(c2)-c2ccccc2OB4c2cc(-c4cccc(-n5c6ccccc6c6ccccc65)c4)ccc2O3)cc(-c2cccc3c2oc2ccccc23)c1. The molecule has 0 spiro atoms. The molecule has 11 aromatic rings. The van der Waals surface area contributed by atoms with Gasteiger partial charge in [0.2, 0.25) is 0 Å². The van der Waals surface area contributed by atoms with Crippen molar-refractivity contribution in [3.05, 3.63) is 194 Å². The summed E-state index contributed by atoms with van der Waals surface area (Å²) in [4.78, 5) is 0. The van der Waals surface area contributed by atoms with Crippen LogP contribution in [0.15, 0.2) is 199 Å². The Morgan fingerprint density at radius 1 is 0.390 bits per heavy atom. The molecule has 0 N–H and O–H groups in total. The summed E-state index contributed by atoms with van der Waals surface area (Å²) < 4.78 is 22.6. The summed E-state index contributed by atoms with van der Waals surface area (Å²) in [5.74, 6) is 2.48. The minimum absolute atomic E-state index is 0.329. The third-order valence-corrected chi connectivity index (χ3v) is 12.3. The van der Waals surface area contributed by atoms with Crippen LogP contribution >= 0.6 is 0 Å². The molecule has 2 aliphatic rings. The van der Waals surface area contributed by atoms with E-state index >= 15 is 0 Å². The first-order valence-corrected chi connectivity index (χ1v) is 20.1. The zero-order chi connectivity index (χ0) is 38.6. The molecule has 2 aliphatic heterocycles. The van der Waals surface area contributed by atoms with Crippen molar-refractivity contribution >= 4 is 61.6 Å². The molecule has 9 aromatic carbocycles. The number of hydrogen-bond acceptors (Lipinski definition) is 3. The summed E-state index contributed by atoms with van der Waals surface area (Å²) in [6.07, 6.45) is 0. The fourth-order valence-electron chi connectivity index (χ4n) is 9.58. The van der Waals surface area contributed by atoms with Gasteiger partial charge in [0.15, 0.2) is 0 Å². The summed E-state index contributed by atoms with van der Waals surface area (Å²) in [6, 6.07) is 68.8. The molecule has 4 heterocycles. The molecule has 4 nitrogen and oxygen atoms in total. The average Bonchev–Trinajstić information content (AvgIpc) is 3.85. The molecule has 13 rings (SSSR count). The number of aromatic nitrogens is 1. The van der Waals surface area contributed by atoms with Gasteiger partial charge in [-0.25, -0.2) is 0 Å². The van der Waals surface area contributed by atoms with E-state index in [0.29, 0.717) is 0 Å². The van der Waals surface area contributed by atoms with Crippen molar-refractivity contribution in [1.82, 2.24) is 4.57 Å². The number of hydrogen-bond donors (Lipinski definition) is 0. The van der Waals surface area contributed by atoms with E-state index in [1.807, 2.05) is 18.2 Å². The normalized spacial score (nSPS) is 12.6. The molecule has 0 unspecified atom stereocenters. The summed E-state index contributed by atoms with van der Waals surface area (Å²) in [7, 11) is 0. The molecule has 0 saturated heterocycles. The lowest BCUT2D eigenvalue weighted by atomic mass is 9.50. The average molecular weight is 754 g/mol. The summed E-state index contributed by atoms with van der Waals surface area (Å²) in [6.45, 7) is -0.329. The monoisotopic (exact) mass is 753 g/mol. The Morgan fingerprint density at radius 2 is 1.05 bits per heavy atom. The van der Waals surface area contributed by atoms with Crippen LogP contribution in [-0.4, -0.2) is 11.5 Å². The zero-order valence-corrected chi connectivity index (χ0v) is 31.7. The largest absolute Gasteiger partial charge is 0.551 e. The van der Waals surface area contributed by atoms with Gasteiger partial charge in [-0.2, -0.15) is 0 Å². The van der Waals surface area contributed by atoms with Gasteiger partial charge in [-0.05, 0) is 94.0 Å². The Labute approximate surface area is 340 Å². The number of benzene rings is 9. The van der Waals surface area contributed by atoms with E-state index in [4.69, 9.17) is 13.8 Å². The molecule has 0 bridgehead atoms. The number of nitrogens with zero attached hydrogens (tertiary/aromatic N) is 1. The van der Waals surface area contributed by atoms with Gasteiger partial charge in [-0.15, -0.1) is 0 Å². The number of fused-ring (bicyclic) bond motifs is 10. The Morgan fingerprint density at radius 3 is 1.92 bits per heavy atom. The molecule has 0 atom stereocenters. The van der Waals surface area contributed by atoms with Crippen LogP contribution in [0.1, 0.15) is 0 Å². The van der Waals surface area contributed by atoms with Gasteiger partial charge in [-0.3, -0.25) is 0 Å². The van der Waals surface area contributed by atoms with E-state index in [1.54, 1.807) is 0 Å². The Bertz CT molecular complexity index is 3490. The second-order valence-electron chi connectivity index (χ2n) is 15.6. The first-order valence-electron chi connectivity index (χ1n) is 20.1. The molecule has 59 heavy (non-hydrogen) atoms. The number of ether oxygens (including phenoxy) is 1. The van der Waals surface area contributed by atoms with Gasteiger partial charge in [0.25, 0.3) is 0 Å². The van der Waals surface area contributed by atoms with Gasteiger partial charge >= 0.3 is 6.92 Å². The van der Waals surface area contributed by atoms with Crippen molar-refractivity contribution in [1.29, 1.82) is 0 Å². The van der Waals surface area contributed by atoms with Gasteiger partial charge in [0.05, 0.1) is 11.0 Å². The highest BCUT2D eigenvalue weighted by Crippen LogP contribution is 2.43. The molecule has 0 amide bonds. The number of rotatable bonds is 4. The maximum absolute atomic E-state index is 6.93. The first-order chi connectivity index (χ1) is 29.2. The fourth-order valence-corrected chi connectivity index (χ4v) is 9.58. The van der Waals surface area contributed by atoms with Crippen LogP contribution in [0.3, 0.4) is 0 Å². The molecule has 0 aliphatic carbocycles. The lowest BCUT2D eigenvalue weighted by Gasteiger charge is -2.33. The molecule has 274 valence electrons. The van der Waals surface area contributed by atoms with E-state index in [1.165, 1.54) is 21.8 Å². The van der Waals surface area contributed by atoms with Crippen LogP contribution < -0.4 is 20.3 Å². The van der Waals surface area contributed by atoms with Crippen molar-refractivity contribution < 1.29 is 13.8 Å². The number of para-hydroxylation sites is 5. The minimum Gasteiger partial charge on any atom is -0.551 e. The zero-order valence-electron chi connectivity index (χ0n) is 31.7. The van der Waals surface area contributed by atoms with Crippen molar-refractivity contribution in [2.75, 3.05) is 0 Å². The molecular formula is C54H32BNO3. The summed E-state index contributed by atoms with van der Waals surface area (Å²) in [5, 5.41) is 4.75. The van der Waals surface area contributed by atoms with Crippen LogP contribution in [0.5, 0.6) is 17.2 Å². The highest BCUT2D eigenvalue weighted by molar-refractivity contribution is 6.84. The van der Waals surface area contributed by atoms with E-state index in [0.717, 1.165) is 100 Å². The highest BCUT2D eigenvalue weighted by Gasteiger charge is 2.41.